The molecule has 0 aliphatic carbocycles. The van der Waals surface area contributed by atoms with E-state index in [1.807, 2.05) is 12.1 Å². The topological polar surface area (TPSA) is 37.8 Å². The molecule has 0 aliphatic rings. The lowest BCUT2D eigenvalue weighted by Crippen LogP contribution is -2.06. The van der Waals surface area contributed by atoms with Gasteiger partial charge in [-0.2, -0.15) is 0 Å². The van der Waals surface area contributed by atoms with Gasteiger partial charge in [-0.1, -0.05) is 42.6 Å². The summed E-state index contributed by atoms with van der Waals surface area (Å²) in [5.74, 6) is 0.894. The molecule has 1 heterocycles. The summed E-state index contributed by atoms with van der Waals surface area (Å²) in [4.78, 5) is 8.76. The minimum Gasteiger partial charge on any atom is -0.370 e. The van der Waals surface area contributed by atoms with Gasteiger partial charge in [0.05, 0.1) is 15.7 Å². The van der Waals surface area contributed by atoms with E-state index in [4.69, 9.17) is 23.2 Å². The van der Waals surface area contributed by atoms with Gasteiger partial charge >= 0.3 is 0 Å². The highest BCUT2D eigenvalue weighted by atomic mass is 35.5. The maximum Gasteiger partial charge on any atom is 0.133 e. The van der Waals surface area contributed by atoms with E-state index in [-0.39, 0.29) is 0 Å². The number of halogens is 2. The van der Waals surface area contributed by atoms with Crippen molar-refractivity contribution in [2.75, 3.05) is 11.9 Å². The van der Waals surface area contributed by atoms with Crippen molar-refractivity contribution >= 4 is 29.0 Å². The van der Waals surface area contributed by atoms with E-state index >= 15 is 0 Å². The van der Waals surface area contributed by atoms with Gasteiger partial charge in [-0.3, -0.25) is 0 Å². The summed E-state index contributed by atoms with van der Waals surface area (Å²) < 4.78 is 0. The van der Waals surface area contributed by atoms with Crippen molar-refractivity contribution in [3.63, 3.8) is 0 Å². The van der Waals surface area contributed by atoms with E-state index in [2.05, 4.69) is 29.1 Å². The molecule has 5 heteroatoms. The molecule has 1 aromatic carbocycles. The molecule has 2 aromatic rings. The molecule has 2 rings (SSSR count). The highest BCUT2D eigenvalue weighted by Crippen LogP contribution is 2.31. The molecule has 0 amide bonds. The molecule has 1 aromatic heterocycles. The quantitative estimate of drug-likeness (QED) is 0.859. The van der Waals surface area contributed by atoms with Crippen LogP contribution in [0.5, 0.6) is 0 Å². The lowest BCUT2D eigenvalue weighted by Gasteiger charge is -2.13. The first kappa shape index (κ1) is 15.1. The van der Waals surface area contributed by atoms with Gasteiger partial charge in [-0.25, -0.2) is 9.97 Å². The Morgan fingerprint density at radius 2 is 1.90 bits per heavy atom. The maximum absolute atomic E-state index is 6.10. The number of anilines is 1. The number of benzene rings is 1. The summed E-state index contributed by atoms with van der Waals surface area (Å²) in [5.41, 5.74) is 3.00. The van der Waals surface area contributed by atoms with Crippen LogP contribution in [0.15, 0.2) is 24.5 Å². The predicted molar refractivity (Wildman–Crippen MR) is 85.6 cm³/mol. The van der Waals surface area contributed by atoms with Gasteiger partial charge in [0.15, 0.2) is 0 Å². The van der Waals surface area contributed by atoms with Crippen LogP contribution in [0.4, 0.5) is 5.82 Å². The Labute approximate surface area is 129 Å². The van der Waals surface area contributed by atoms with Gasteiger partial charge < -0.3 is 5.32 Å². The first-order valence-corrected chi connectivity index (χ1v) is 7.46. The molecule has 0 atom stereocenters. The second-order valence-corrected chi connectivity index (χ2v) is 5.27. The maximum atomic E-state index is 6.10. The second-order valence-electron chi connectivity index (χ2n) is 4.46. The van der Waals surface area contributed by atoms with E-state index in [1.165, 1.54) is 0 Å². The molecule has 0 spiro atoms. The summed E-state index contributed by atoms with van der Waals surface area (Å²) in [7, 11) is 0. The summed E-state index contributed by atoms with van der Waals surface area (Å²) in [6, 6.07) is 5.58. The first-order chi connectivity index (χ1) is 9.67. The third-order valence-electron chi connectivity index (χ3n) is 2.98. The van der Waals surface area contributed by atoms with E-state index in [1.54, 1.807) is 12.4 Å². The van der Waals surface area contributed by atoms with Crippen LogP contribution < -0.4 is 5.32 Å². The summed E-state index contributed by atoms with van der Waals surface area (Å²) in [6.07, 6.45) is 3.52. The van der Waals surface area contributed by atoms with Gasteiger partial charge in [0, 0.05) is 17.7 Å². The lowest BCUT2D eigenvalue weighted by atomic mass is 10.0. The smallest absolute Gasteiger partial charge is 0.133 e. The molecule has 0 bridgehead atoms. The van der Waals surface area contributed by atoms with E-state index in [0.29, 0.717) is 10.0 Å². The number of nitrogens with zero attached hydrogens (tertiary/aromatic N) is 2. The van der Waals surface area contributed by atoms with Gasteiger partial charge in [0.1, 0.15) is 12.1 Å². The molecule has 0 saturated carbocycles. The molecule has 20 heavy (non-hydrogen) atoms. The van der Waals surface area contributed by atoms with Crippen LogP contribution in [-0.4, -0.2) is 16.5 Å². The van der Waals surface area contributed by atoms with Crippen LogP contribution in [0, 0.1) is 0 Å². The Balaban J connectivity index is 2.53. The Morgan fingerprint density at radius 1 is 1.10 bits per heavy atom. The van der Waals surface area contributed by atoms with Crippen molar-refractivity contribution in [3.8, 4) is 11.3 Å². The SMILES string of the molecule is CCCc1c(NCC)ncnc1-c1ccc(Cl)c(Cl)c1. The molecule has 0 radical (unpaired) electrons. The highest BCUT2D eigenvalue weighted by Gasteiger charge is 2.13. The monoisotopic (exact) mass is 309 g/mol. The number of rotatable bonds is 5. The zero-order valence-electron chi connectivity index (χ0n) is 11.6. The van der Waals surface area contributed by atoms with Crippen molar-refractivity contribution < 1.29 is 0 Å². The fourth-order valence-electron chi connectivity index (χ4n) is 2.11. The largest absolute Gasteiger partial charge is 0.370 e. The Hall–Kier alpha value is -1.32. The van der Waals surface area contributed by atoms with Gasteiger partial charge in [0.2, 0.25) is 0 Å². The van der Waals surface area contributed by atoms with Crippen LogP contribution in [-0.2, 0) is 6.42 Å². The van der Waals surface area contributed by atoms with Crippen LogP contribution >= 0.6 is 23.2 Å². The van der Waals surface area contributed by atoms with Crippen molar-refractivity contribution in [1.29, 1.82) is 0 Å². The number of hydrogen-bond donors (Lipinski definition) is 1. The van der Waals surface area contributed by atoms with Crippen LogP contribution in [0.25, 0.3) is 11.3 Å². The third kappa shape index (κ3) is 3.22. The zero-order chi connectivity index (χ0) is 14.5. The third-order valence-corrected chi connectivity index (χ3v) is 3.72. The first-order valence-electron chi connectivity index (χ1n) is 6.70. The molecular formula is C15H17Cl2N3. The van der Waals surface area contributed by atoms with Crippen LogP contribution in [0.3, 0.4) is 0 Å². The van der Waals surface area contributed by atoms with Crippen molar-refractivity contribution in [3.05, 3.63) is 40.1 Å². The summed E-state index contributed by atoms with van der Waals surface area (Å²) in [6.45, 7) is 5.02. The van der Waals surface area contributed by atoms with Gasteiger partial charge in [-0.15, -0.1) is 0 Å². The Morgan fingerprint density at radius 3 is 2.55 bits per heavy atom. The molecule has 3 nitrogen and oxygen atoms in total. The minimum atomic E-state index is 0.537. The fourth-order valence-corrected chi connectivity index (χ4v) is 2.41. The average molecular weight is 310 g/mol. The van der Waals surface area contributed by atoms with E-state index in [9.17, 15) is 0 Å². The molecule has 106 valence electrons. The zero-order valence-corrected chi connectivity index (χ0v) is 13.1. The molecule has 0 aliphatic heterocycles. The summed E-state index contributed by atoms with van der Waals surface area (Å²) >= 11 is 12.1. The molecular weight excluding hydrogens is 293 g/mol. The molecule has 0 unspecified atom stereocenters. The standard InChI is InChI=1S/C15H17Cl2N3/c1-3-5-11-14(19-9-20-15(11)18-4-2)10-6-7-12(16)13(17)8-10/h6-9H,3-5H2,1-2H3,(H,18,19,20). The van der Waals surface area contributed by atoms with Crippen molar-refractivity contribution in [1.82, 2.24) is 9.97 Å². The molecule has 1 N–H and O–H groups in total. The minimum absolute atomic E-state index is 0.537. The normalized spacial score (nSPS) is 10.6. The number of aromatic nitrogens is 2. The van der Waals surface area contributed by atoms with Crippen molar-refractivity contribution in [2.24, 2.45) is 0 Å². The van der Waals surface area contributed by atoms with Crippen molar-refractivity contribution in [2.45, 2.75) is 26.7 Å². The Bertz CT molecular complexity index is 600. The predicted octanol–water partition coefficient (Wildman–Crippen LogP) is 4.83. The van der Waals surface area contributed by atoms with E-state index in [0.717, 1.165) is 42.0 Å². The summed E-state index contributed by atoms with van der Waals surface area (Å²) in [5, 5.41) is 4.37. The fraction of sp³-hybridized carbons (Fsp3) is 0.333. The highest BCUT2D eigenvalue weighted by molar-refractivity contribution is 6.42. The average Bonchev–Trinajstić information content (AvgIpc) is 2.44. The van der Waals surface area contributed by atoms with Gasteiger partial charge in [-0.05, 0) is 25.5 Å². The lowest BCUT2D eigenvalue weighted by molar-refractivity contribution is 0.902. The van der Waals surface area contributed by atoms with E-state index < -0.39 is 0 Å². The molecule has 0 fully saturated rings. The van der Waals surface area contributed by atoms with Crippen LogP contribution in [0.2, 0.25) is 10.0 Å². The van der Waals surface area contributed by atoms with Crippen LogP contribution in [0.1, 0.15) is 25.8 Å². The van der Waals surface area contributed by atoms with Gasteiger partial charge in [0.25, 0.3) is 0 Å². The number of nitrogens with one attached hydrogen (secondary N) is 1. The molecule has 0 saturated heterocycles. The number of hydrogen-bond acceptors (Lipinski definition) is 3. The Kier molecular flexibility index (Phi) is 5.21. The second kappa shape index (κ2) is 6.91.